The molecule has 2 heterocycles. The van der Waals surface area contributed by atoms with Gasteiger partial charge in [-0.05, 0) is 25.3 Å². The highest BCUT2D eigenvalue weighted by molar-refractivity contribution is 5.00. The van der Waals surface area contributed by atoms with Crippen molar-refractivity contribution in [1.82, 2.24) is 15.1 Å². The molecule has 4 nitrogen and oxygen atoms in total. The predicted octanol–water partition coefficient (Wildman–Crippen LogP) is 2.12. The molecule has 1 unspecified atom stereocenters. The zero-order chi connectivity index (χ0) is 12.1. The lowest BCUT2D eigenvalue weighted by atomic mass is 10.2. The largest absolute Gasteiger partial charge is 0.380 e. The van der Waals surface area contributed by atoms with Gasteiger partial charge in [0.1, 0.15) is 0 Å². The normalized spacial score (nSPS) is 20.3. The van der Waals surface area contributed by atoms with Crippen LogP contribution in [0.1, 0.15) is 44.8 Å². The maximum Gasteiger partial charge on any atom is 0.0762 e. The number of nitrogens with one attached hydrogen (secondary N) is 1. The van der Waals surface area contributed by atoms with E-state index in [0.29, 0.717) is 12.1 Å². The first-order valence-corrected chi connectivity index (χ1v) is 6.68. The Morgan fingerprint density at radius 1 is 1.53 bits per heavy atom. The second-order valence-corrected chi connectivity index (χ2v) is 4.70. The van der Waals surface area contributed by atoms with Crippen molar-refractivity contribution >= 4 is 0 Å². The van der Waals surface area contributed by atoms with E-state index in [0.717, 1.165) is 44.7 Å². The monoisotopic (exact) mass is 237 g/mol. The van der Waals surface area contributed by atoms with Gasteiger partial charge in [0.2, 0.25) is 0 Å². The van der Waals surface area contributed by atoms with Crippen LogP contribution in [0.15, 0.2) is 12.3 Å². The van der Waals surface area contributed by atoms with Gasteiger partial charge in [0.05, 0.1) is 18.3 Å². The van der Waals surface area contributed by atoms with Gasteiger partial charge in [-0.25, -0.2) is 0 Å². The fraction of sp³-hybridized carbons (Fsp3) is 0.769. The molecular formula is C13H23N3O. The quantitative estimate of drug-likeness (QED) is 0.823. The Morgan fingerprint density at radius 3 is 3.00 bits per heavy atom. The Bertz CT molecular complexity index is 327. The Morgan fingerprint density at radius 2 is 2.35 bits per heavy atom. The maximum absolute atomic E-state index is 5.34. The highest BCUT2D eigenvalue weighted by atomic mass is 16.5. The van der Waals surface area contributed by atoms with E-state index in [-0.39, 0.29) is 0 Å². The Labute approximate surface area is 103 Å². The van der Waals surface area contributed by atoms with Gasteiger partial charge < -0.3 is 10.1 Å². The molecule has 1 N–H and O–H groups in total. The molecule has 0 amide bonds. The molecule has 0 aliphatic carbocycles. The fourth-order valence-corrected chi connectivity index (χ4v) is 2.28. The summed E-state index contributed by atoms with van der Waals surface area (Å²) >= 11 is 0. The smallest absolute Gasteiger partial charge is 0.0762 e. The second kappa shape index (κ2) is 6.17. The number of rotatable bonds is 6. The van der Waals surface area contributed by atoms with Gasteiger partial charge in [-0.3, -0.25) is 4.68 Å². The Hall–Kier alpha value is -0.870. The highest BCUT2D eigenvalue weighted by Crippen LogP contribution is 2.14. The van der Waals surface area contributed by atoms with Crippen molar-refractivity contribution < 1.29 is 4.74 Å². The topological polar surface area (TPSA) is 39.1 Å². The van der Waals surface area contributed by atoms with E-state index >= 15 is 0 Å². The number of ether oxygens (including phenoxy) is 1. The average Bonchev–Trinajstić information content (AvgIpc) is 2.99. The van der Waals surface area contributed by atoms with Crippen molar-refractivity contribution in [3.63, 3.8) is 0 Å². The molecule has 0 aromatic carbocycles. The minimum atomic E-state index is 0.508. The minimum absolute atomic E-state index is 0.508. The van der Waals surface area contributed by atoms with E-state index in [4.69, 9.17) is 4.74 Å². The van der Waals surface area contributed by atoms with E-state index in [2.05, 4.69) is 41.2 Å². The molecule has 0 spiro atoms. The van der Waals surface area contributed by atoms with Crippen molar-refractivity contribution in [2.24, 2.45) is 0 Å². The van der Waals surface area contributed by atoms with Crippen LogP contribution in [0, 0.1) is 0 Å². The van der Waals surface area contributed by atoms with E-state index in [1.165, 1.54) is 0 Å². The molecule has 96 valence electrons. The third-order valence-corrected chi connectivity index (χ3v) is 3.48. The van der Waals surface area contributed by atoms with Gasteiger partial charge in [0.25, 0.3) is 0 Å². The molecule has 17 heavy (non-hydrogen) atoms. The first-order chi connectivity index (χ1) is 8.33. The fourth-order valence-electron chi connectivity index (χ4n) is 2.28. The third kappa shape index (κ3) is 3.30. The first kappa shape index (κ1) is 12.6. The average molecular weight is 237 g/mol. The lowest BCUT2D eigenvalue weighted by molar-refractivity contribution is 0.189. The molecule has 0 bridgehead atoms. The van der Waals surface area contributed by atoms with E-state index < -0.39 is 0 Å². The summed E-state index contributed by atoms with van der Waals surface area (Å²) in [6.07, 6.45) is 5.50. The van der Waals surface area contributed by atoms with Crippen molar-refractivity contribution in [3.05, 3.63) is 18.0 Å². The summed E-state index contributed by atoms with van der Waals surface area (Å²) in [5.74, 6) is 0. The van der Waals surface area contributed by atoms with Crippen LogP contribution >= 0.6 is 0 Å². The zero-order valence-electron chi connectivity index (χ0n) is 10.9. The van der Waals surface area contributed by atoms with Gasteiger partial charge in [0, 0.05) is 25.4 Å². The van der Waals surface area contributed by atoms with Crippen LogP contribution in [-0.2, 0) is 11.3 Å². The number of hydrogen-bond acceptors (Lipinski definition) is 3. The van der Waals surface area contributed by atoms with Crippen LogP contribution in [0.5, 0.6) is 0 Å². The van der Waals surface area contributed by atoms with Crippen molar-refractivity contribution in [2.45, 2.75) is 51.7 Å². The number of nitrogens with zero attached hydrogens (tertiary/aromatic N) is 2. The number of aromatic nitrogens is 2. The van der Waals surface area contributed by atoms with Crippen molar-refractivity contribution in [3.8, 4) is 0 Å². The molecule has 1 atom stereocenters. The lowest BCUT2D eigenvalue weighted by Gasteiger charge is -2.12. The highest BCUT2D eigenvalue weighted by Gasteiger charge is 2.15. The van der Waals surface area contributed by atoms with Gasteiger partial charge in [-0.15, -0.1) is 0 Å². The summed E-state index contributed by atoms with van der Waals surface area (Å²) < 4.78 is 7.43. The molecule has 0 radical (unpaired) electrons. The van der Waals surface area contributed by atoms with E-state index in [9.17, 15) is 0 Å². The summed E-state index contributed by atoms with van der Waals surface area (Å²) in [5.41, 5.74) is 1.13. The Kier molecular flexibility index (Phi) is 4.57. The molecular weight excluding hydrogens is 214 g/mol. The summed E-state index contributed by atoms with van der Waals surface area (Å²) in [6, 6.07) is 3.16. The van der Waals surface area contributed by atoms with Gasteiger partial charge in [0.15, 0.2) is 0 Å². The van der Waals surface area contributed by atoms with Gasteiger partial charge in [-0.1, -0.05) is 13.8 Å². The summed E-state index contributed by atoms with van der Waals surface area (Å²) in [7, 11) is 0. The summed E-state index contributed by atoms with van der Waals surface area (Å²) in [5, 5.41) is 8.11. The predicted molar refractivity (Wildman–Crippen MR) is 67.9 cm³/mol. The third-order valence-electron chi connectivity index (χ3n) is 3.48. The van der Waals surface area contributed by atoms with Crippen LogP contribution in [0.4, 0.5) is 0 Å². The van der Waals surface area contributed by atoms with Crippen molar-refractivity contribution in [1.29, 1.82) is 0 Å². The van der Waals surface area contributed by atoms with Crippen molar-refractivity contribution in [2.75, 3.05) is 13.2 Å². The molecule has 1 aromatic rings. The van der Waals surface area contributed by atoms with Crippen LogP contribution in [-0.4, -0.2) is 29.0 Å². The molecule has 1 aliphatic heterocycles. The summed E-state index contributed by atoms with van der Waals surface area (Å²) in [6.45, 7) is 7.00. The first-order valence-electron chi connectivity index (χ1n) is 6.68. The number of hydrogen-bond donors (Lipinski definition) is 1. The molecule has 0 saturated carbocycles. The molecule has 1 fully saturated rings. The zero-order valence-corrected chi connectivity index (χ0v) is 10.9. The van der Waals surface area contributed by atoms with Gasteiger partial charge >= 0.3 is 0 Å². The molecule has 2 rings (SSSR count). The molecule has 1 aliphatic rings. The Balaban J connectivity index is 1.84. The second-order valence-electron chi connectivity index (χ2n) is 4.70. The molecule has 1 saturated heterocycles. The van der Waals surface area contributed by atoms with Gasteiger partial charge in [-0.2, -0.15) is 5.10 Å². The maximum atomic E-state index is 5.34. The molecule has 1 aromatic heterocycles. The SMILES string of the molecule is CCC(CC)n1ccc(CNC2CCOC2)n1. The van der Waals surface area contributed by atoms with Crippen LogP contribution < -0.4 is 5.32 Å². The van der Waals surface area contributed by atoms with Crippen LogP contribution in [0.25, 0.3) is 0 Å². The van der Waals surface area contributed by atoms with E-state index in [1.807, 2.05) is 0 Å². The van der Waals surface area contributed by atoms with Crippen LogP contribution in [0.3, 0.4) is 0 Å². The lowest BCUT2D eigenvalue weighted by Crippen LogP contribution is -2.28. The standard InChI is InChI=1S/C13H23N3O/c1-3-13(4-2)16-7-5-11(15-16)9-14-12-6-8-17-10-12/h5,7,12-14H,3-4,6,8-10H2,1-2H3. The molecule has 4 heteroatoms. The minimum Gasteiger partial charge on any atom is -0.380 e. The van der Waals surface area contributed by atoms with E-state index in [1.54, 1.807) is 0 Å². The van der Waals surface area contributed by atoms with Crippen LogP contribution in [0.2, 0.25) is 0 Å². The summed E-state index contributed by atoms with van der Waals surface area (Å²) in [4.78, 5) is 0.